The fourth-order valence-electron chi connectivity index (χ4n) is 9.51. The van der Waals surface area contributed by atoms with Crippen LogP contribution in [-0.2, 0) is 0 Å². The first-order valence-electron chi connectivity index (χ1n) is 18.5. The second-order valence-corrected chi connectivity index (χ2v) is 14.7. The van der Waals surface area contributed by atoms with Crippen LogP contribution in [0.15, 0.2) is 176 Å². The van der Waals surface area contributed by atoms with E-state index in [1.807, 2.05) is 0 Å². The van der Waals surface area contributed by atoms with Crippen molar-refractivity contribution in [2.45, 2.75) is 55.6 Å². The van der Waals surface area contributed by atoms with E-state index in [-0.39, 0.29) is 0 Å². The van der Waals surface area contributed by atoms with Crippen molar-refractivity contribution in [3.63, 3.8) is 0 Å². The first-order chi connectivity index (χ1) is 24.8. The Bertz CT molecular complexity index is 2160. The standard InChI is InChI=1S/C48H42N2/c1-3-12-33(13-4-1)35-22-26-39(27-23-35)49-45-20-9-7-18-41(45)43-28-24-38(32-48(43)49)37-25-29-47-44(31-37)42-19-8-10-21-46(42)50(47)40-17-11-16-36(30-40)34-14-5-2-6-15-34/h1-6,8-14,16,19-32,34,40-41,44-45,47H,7,15,17-18H2. The summed E-state index contributed by atoms with van der Waals surface area (Å²) in [6, 6.07) is 37.4. The van der Waals surface area contributed by atoms with Crippen LogP contribution >= 0.6 is 0 Å². The van der Waals surface area contributed by atoms with Crippen LogP contribution in [0.5, 0.6) is 0 Å². The van der Waals surface area contributed by atoms with Gasteiger partial charge in [-0.05, 0) is 88.9 Å². The Morgan fingerprint density at radius 3 is 2.30 bits per heavy atom. The Balaban J connectivity index is 0.987. The first kappa shape index (κ1) is 29.6. The van der Waals surface area contributed by atoms with Gasteiger partial charge in [0, 0.05) is 34.8 Å². The summed E-state index contributed by atoms with van der Waals surface area (Å²) >= 11 is 0. The maximum Gasteiger partial charge on any atom is 0.0591 e. The van der Waals surface area contributed by atoms with E-state index in [1.165, 1.54) is 62.4 Å². The zero-order valence-corrected chi connectivity index (χ0v) is 28.4. The van der Waals surface area contributed by atoms with Crippen molar-refractivity contribution in [3.05, 3.63) is 192 Å². The van der Waals surface area contributed by atoms with E-state index in [4.69, 9.17) is 0 Å². The minimum absolute atomic E-state index is 0.314. The number of benzene rings is 4. The highest BCUT2D eigenvalue weighted by Gasteiger charge is 2.42. The Kier molecular flexibility index (Phi) is 7.22. The smallest absolute Gasteiger partial charge is 0.0591 e. The zero-order valence-electron chi connectivity index (χ0n) is 28.4. The molecule has 0 saturated heterocycles. The van der Waals surface area contributed by atoms with Gasteiger partial charge in [0.25, 0.3) is 0 Å². The van der Waals surface area contributed by atoms with Crippen LogP contribution in [0.3, 0.4) is 0 Å². The molecule has 4 aromatic carbocycles. The third-order valence-corrected chi connectivity index (χ3v) is 11.9. The van der Waals surface area contributed by atoms with Crippen molar-refractivity contribution in [1.82, 2.24) is 0 Å². The largest absolute Gasteiger partial charge is 0.357 e. The number of para-hydroxylation sites is 1. The second-order valence-electron chi connectivity index (χ2n) is 14.7. The van der Waals surface area contributed by atoms with Gasteiger partial charge in [-0.15, -0.1) is 0 Å². The van der Waals surface area contributed by atoms with E-state index < -0.39 is 0 Å². The average Bonchev–Trinajstić information content (AvgIpc) is 3.71. The monoisotopic (exact) mass is 646 g/mol. The van der Waals surface area contributed by atoms with E-state index in [0.717, 1.165) is 19.3 Å². The molecular formula is C48H42N2. The molecule has 0 spiro atoms. The van der Waals surface area contributed by atoms with Gasteiger partial charge in [0.05, 0.1) is 18.1 Å². The van der Waals surface area contributed by atoms with E-state index in [0.29, 0.717) is 35.9 Å². The predicted octanol–water partition coefficient (Wildman–Crippen LogP) is 11.6. The number of hydrogen-bond acceptors (Lipinski definition) is 2. The lowest BCUT2D eigenvalue weighted by Crippen LogP contribution is -2.41. The number of hydrogen-bond donors (Lipinski definition) is 0. The minimum Gasteiger partial charge on any atom is -0.357 e. The maximum absolute atomic E-state index is 2.70. The number of rotatable bonds is 5. The summed E-state index contributed by atoms with van der Waals surface area (Å²) in [6.45, 7) is 0. The second kappa shape index (κ2) is 12.2. The van der Waals surface area contributed by atoms with Gasteiger partial charge in [0.1, 0.15) is 0 Å². The van der Waals surface area contributed by atoms with Gasteiger partial charge >= 0.3 is 0 Å². The molecule has 6 atom stereocenters. The Labute approximate surface area is 296 Å². The van der Waals surface area contributed by atoms with Crippen LogP contribution in [0, 0.1) is 5.92 Å². The quantitative estimate of drug-likeness (QED) is 0.199. The first-order valence-corrected chi connectivity index (χ1v) is 18.5. The molecule has 0 aromatic heterocycles. The topological polar surface area (TPSA) is 6.48 Å². The molecule has 0 amide bonds. The maximum atomic E-state index is 2.70. The molecule has 244 valence electrons. The summed E-state index contributed by atoms with van der Waals surface area (Å²) in [6.07, 6.45) is 33.1. The lowest BCUT2D eigenvalue weighted by Gasteiger charge is -2.37. The Morgan fingerprint density at radius 1 is 0.580 bits per heavy atom. The van der Waals surface area contributed by atoms with Crippen LogP contribution < -0.4 is 9.80 Å². The molecule has 0 radical (unpaired) electrons. The third-order valence-electron chi connectivity index (χ3n) is 11.9. The molecule has 10 rings (SSSR count). The van der Waals surface area contributed by atoms with Crippen molar-refractivity contribution in [2.24, 2.45) is 5.92 Å². The van der Waals surface area contributed by atoms with Crippen LogP contribution in [0.2, 0.25) is 0 Å². The number of anilines is 3. The summed E-state index contributed by atoms with van der Waals surface area (Å²) in [7, 11) is 0. The summed E-state index contributed by atoms with van der Waals surface area (Å²) < 4.78 is 0. The number of allylic oxidation sites excluding steroid dienone is 9. The Morgan fingerprint density at radius 2 is 1.42 bits per heavy atom. The summed E-state index contributed by atoms with van der Waals surface area (Å²) in [5.41, 5.74) is 13.6. The summed E-state index contributed by atoms with van der Waals surface area (Å²) in [5, 5.41) is 0. The van der Waals surface area contributed by atoms with Crippen molar-refractivity contribution >= 4 is 22.6 Å². The molecule has 0 saturated carbocycles. The average molecular weight is 647 g/mol. The molecule has 2 heterocycles. The molecule has 4 aliphatic carbocycles. The lowest BCUT2D eigenvalue weighted by atomic mass is 9.84. The number of fused-ring (bicyclic) bond motifs is 6. The highest BCUT2D eigenvalue weighted by Crippen LogP contribution is 2.52. The van der Waals surface area contributed by atoms with Crippen molar-refractivity contribution in [1.29, 1.82) is 0 Å². The molecule has 2 aliphatic heterocycles. The van der Waals surface area contributed by atoms with Gasteiger partial charge in [-0.1, -0.05) is 146 Å². The molecule has 2 heteroatoms. The zero-order chi connectivity index (χ0) is 33.0. The van der Waals surface area contributed by atoms with Crippen molar-refractivity contribution in [3.8, 4) is 11.1 Å². The van der Waals surface area contributed by atoms with Crippen LogP contribution in [0.25, 0.3) is 16.7 Å². The third kappa shape index (κ3) is 4.92. The minimum atomic E-state index is 0.314. The molecule has 6 aliphatic rings. The summed E-state index contributed by atoms with van der Waals surface area (Å²) in [4.78, 5) is 5.31. The van der Waals surface area contributed by atoms with Gasteiger partial charge < -0.3 is 9.80 Å². The molecule has 2 nitrogen and oxygen atoms in total. The SMILES string of the molecule is C1=CCC(C2=CC(N3c4ccccc4C4C=C(c5ccc6c(c5)N(c5ccc(-c7ccccc7)cc5)C5C=CCCC65)C=CC43)CC=C2)C=C1. The van der Waals surface area contributed by atoms with Crippen LogP contribution in [-0.4, -0.2) is 18.1 Å². The highest BCUT2D eigenvalue weighted by atomic mass is 15.2. The molecule has 0 bridgehead atoms. The molecule has 0 fully saturated rings. The molecular weight excluding hydrogens is 605 g/mol. The fourth-order valence-corrected chi connectivity index (χ4v) is 9.51. The molecule has 0 N–H and O–H groups in total. The molecule has 50 heavy (non-hydrogen) atoms. The van der Waals surface area contributed by atoms with Gasteiger partial charge in [0.15, 0.2) is 0 Å². The van der Waals surface area contributed by atoms with E-state index in [1.54, 1.807) is 0 Å². The van der Waals surface area contributed by atoms with Crippen LogP contribution in [0.1, 0.15) is 54.2 Å². The van der Waals surface area contributed by atoms with Gasteiger partial charge in [0.2, 0.25) is 0 Å². The van der Waals surface area contributed by atoms with E-state index in [2.05, 4.69) is 180 Å². The van der Waals surface area contributed by atoms with E-state index >= 15 is 0 Å². The van der Waals surface area contributed by atoms with Gasteiger partial charge in [-0.3, -0.25) is 0 Å². The van der Waals surface area contributed by atoms with Gasteiger partial charge in [-0.25, -0.2) is 0 Å². The lowest BCUT2D eigenvalue weighted by molar-refractivity contribution is 0.573. The molecule has 6 unspecified atom stereocenters. The van der Waals surface area contributed by atoms with Crippen molar-refractivity contribution in [2.75, 3.05) is 9.80 Å². The Hall–Kier alpha value is -5.34. The predicted molar refractivity (Wildman–Crippen MR) is 210 cm³/mol. The highest BCUT2D eigenvalue weighted by molar-refractivity contribution is 5.84. The normalized spacial score (nSPS) is 27.0. The summed E-state index contributed by atoms with van der Waals surface area (Å²) in [5.74, 6) is 1.32. The molecule has 4 aromatic rings. The van der Waals surface area contributed by atoms with Crippen LogP contribution in [0.4, 0.5) is 17.1 Å². The van der Waals surface area contributed by atoms with Crippen molar-refractivity contribution < 1.29 is 0 Å². The van der Waals surface area contributed by atoms with Gasteiger partial charge in [-0.2, -0.15) is 0 Å². The number of nitrogens with zero attached hydrogens (tertiary/aromatic N) is 2. The van der Waals surface area contributed by atoms with E-state index in [9.17, 15) is 0 Å². The fraction of sp³-hybridized carbons (Fsp3) is 0.208.